The number of carbonyl (C=O) groups excluding carboxylic acids is 1. The lowest BCUT2D eigenvalue weighted by Gasteiger charge is -2.20. The van der Waals surface area contributed by atoms with Crippen LogP contribution < -0.4 is 9.64 Å². The van der Waals surface area contributed by atoms with Gasteiger partial charge in [0.05, 0.1) is 23.9 Å². The maximum atomic E-state index is 13.2. The number of anilines is 1. The Morgan fingerprint density at radius 1 is 1.12 bits per heavy atom. The van der Waals surface area contributed by atoms with Gasteiger partial charge in [0.25, 0.3) is 0 Å². The van der Waals surface area contributed by atoms with Crippen LogP contribution in [0, 0.1) is 0 Å². The number of hydrogen-bond donors (Lipinski definition) is 0. The van der Waals surface area contributed by atoms with E-state index in [1.54, 1.807) is 36.2 Å². The highest BCUT2D eigenvalue weighted by Crippen LogP contribution is 2.32. The van der Waals surface area contributed by atoms with Crippen LogP contribution in [0.3, 0.4) is 0 Å². The molecule has 8 heteroatoms. The summed E-state index contributed by atoms with van der Waals surface area (Å²) in [6.07, 6.45) is 4.70. The van der Waals surface area contributed by atoms with E-state index in [-0.39, 0.29) is 5.91 Å². The number of thioether (sulfide) groups is 1. The molecule has 0 aliphatic rings. The van der Waals surface area contributed by atoms with Crippen molar-refractivity contribution in [3.63, 3.8) is 0 Å². The smallest absolute Gasteiger partial charge is 0.229 e. The summed E-state index contributed by atoms with van der Waals surface area (Å²) < 4.78 is 6.16. The Labute approximate surface area is 200 Å². The quantitative estimate of drug-likeness (QED) is 0.202. The molecule has 0 aliphatic heterocycles. The second kappa shape index (κ2) is 10.8. The second-order valence-corrected chi connectivity index (χ2v) is 9.69. The molecule has 0 atom stereocenters. The van der Waals surface area contributed by atoms with Crippen molar-refractivity contribution < 1.29 is 9.53 Å². The van der Waals surface area contributed by atoms with Crippen LogP contribution in [0.5, 0.6) is 5.75 Å². The average Bonchev–Trinajstić information content (AvgIpc) is 3.24. The minimum atomic E-state index is 0.0577. The molecule has 1 amide bonds. The molecule has 2 aromatic carbocycles. The fourth-order valence-corrected chi connectivity index (χ4v) is 5.27. The zero-order valence-electron chi connectivity index (χ0n) is 17.5. The van der Waals surface area contributed by atoms with Gasteiger partial charge in [-0.2, -0.15) is 0 Å². The summed E-state index contributed by atoms with van der Waals surface area (Å²) in [7, 11) is 1.66. The highest BCUT2D eigenvalue weighted by atomic mass is 35.5. The number of thiazole rings is 1. The molecule has 0 unspecified atom stereocenters. The van der Waals surface area contributed by atoms with E-state index < -0.39 is 0 Å². The van der Waals surface area contributed by atoms with Crippen LogP contribution in [-0.2, 0) is 11.3 Å². The van der Waals surface area contributed by atoms with Crippen molar-refractivity contribution in [1.29, 1.82) is 0 Å². The van der Waals surface area contributed by atoms with Crippen molar-refractivity contribution in [2.45, 2.75) is 24.3 Å². The van der Waals surface area contributed by atoms with Crippen molar-refractivity contribution in [3.8, 4) is 5.75 Å². The number of rotatable bonds is 9. The third-order valence-corrected chi connectivity index (χ3v) is 7.20. The Hall–Kier alpha value is -2.61. The van der Waals surface area contributed by atoms with Gasteiger partial charge in [-0.05, 0) is 72.3 Å². The van der Waals surface area contributed by atoms with E-state index >= 15 is 0 Å². The van der Waals surface area contributed by atoms with Crippen molar-refractivity contribution in [3.05, 3.63) is 77.6 Å². The normalized spacial score (nSPS) is 10.9. The van der Waals surface area contributed by atoms with Crippen molar-refractivity contribution >= 4 is 56.0 Å². The third-order valence-electron chi connectivity index (χ3n) is 4.82. The Kier molecular flexibility index (Phi) is 7.63. The van der Waals surface area contributed by atoms with Crippen molar-refractivity contribution in [2.24, 2.45) is 0 Å². The minimum absolute atomic E-state index is 0.0577. The van der Waals surface area contributed by atoms with Gasteiger partial charge >= 0.3 is 0 Å². The van der Waals surface area contributed by atoms with Gasteiger partial charge in [0.2, 0.25) is 5.91 Å². The lowest BCUT2D eigenvalue weighted by molar-refractivity contribution is -0.118. The van der Waals surface area contributed by atoms with Gasteiger partial charge in [0, 0.05) is 28.7 Å². The van der Waals surface area contributed by atoms with Gasteiger partial charge in [-0.3, -0.25) is 14.7 Å². The maximum absolute atomic E-state index is 13.2. The SMILES string of the molecule is COc1ccc(SCCCC(=O)N(Cc2ccncc2)c2nc3ccc(Cl)cc3s2)cc1. The standard InChI is InChI=1S/C24H22ClN3O2S2/c1-30-19-5-7-20(8-6-19)31-14-2-3-23(29)28(16-17-10-12-26-13-11-17)24-27-21-9-4-18(25)15-22(21)32-24/h4-13,15H,2-3,14,16H2,1H3. The number of amides is 1. The number of benzene rings is 2. The Morgan fingerprint density at radius 2 is 1.91 bits per heavy atom. The first-order chi connectivity index (χ1) is 15.6. The molecule has 4 aromatic rings. The number of methoxy groups -OCH3 is 1. The molecular weight excluding hydrogens is 462 g/mol. The molecule has 0 spiro atoms. The molecular formula is C24H22ClN3O2S2. The van der Waals surface area contributed by atoms with Crippen LogP contribution in [0.15, 0.2) is 71.9 Å². The second-order valence-electron chi connectivity index (χ2n) is 7.07. The Bertz CT molecular complexity index is 1180. The van der Waals surface area contributed by atoms with E-state index in [2.05, 4.69) is 4.98 Å². The number of carbonyl (C=O) groups is 1. The molecule has 2 aromatic heterocycles. The predicted molar refractivity (Wildman–Crippen MR) is 133 cm³/mol. The van der Waals surface area contributed by atoms with E-state index in [0.717, 1.165) is 38.6 Å². The number of nitrogens with zero attached hydrogens (tertiary/aromatic N) is 3. The highest BCUT2D eigenvalue weighted by molar-refractivity contribution is 7.99. The average molecular weight is 484 g/mol. The van der Waals surface area contributed by atoms with Crippen LogP contribution in [0.2, 0.25) is 5.02 Å². The van der Waals surface area contributed by atoms with Gasteiger partial charge in [-0.1, -0.05) is 22.9 Å². The molecule has 5 nitrogen and oxygen atoms in total. The summed E-state index contributed by atoms with van der Waals surface area (Å²) in [4.78, 5) is 24.9. The number of fused-ring (bicyclic) bond motifs is 1. The van der Waals surface area contributed by atoms with Crippen LogP contribution in [0.4, 0.5) is 5.13 Å². The van der Waals surface area contributed by atoms with Crippen molar-refractivity contribution in [1.82, 2.24) is 9.97 Å². The zero-order valence-corrected chi connectivity index (χ0v) is 19.9. The molecule has 0 saturated carbocycles. The van der Waals surface area contributed by atoms with E-state index in [1.165, 1.54) is 11.3 Å². The molecule has 2 heterocycles. The summed E-state index contributed by atoms with van der Waals surface area (Å²) in [5.41, 5.74) is 1.86. The van der Waals surface area contributed by atoms with Gasteiger partial charge in [-0.15, -0.1) is 11.8 Å². The highest BCUT2D eigenvalue weighted by Gasteiger charge is 2.20. The maximum Gasteiger partial charge on any atom is 0.229 e. The zero-order chi connectivity index (χ0) is 22.3. The summed E-state index contributed by atoms with van der Waals surface area (Å²) in [6.45, 7) is 0.459. The van der Waals surface area contributed by atoms with Crippen molar-refractivity contribution in [2.75, 3.05) is 17.8 Å². The number of pyridine rings is 1. The van der Waals surface area contributed by atoms with Crippen LogP contribution in [0.1, 0.15) is 18.4 Å². The summed E-state index contributed by atoms with van der Waals surface area (Å²) in [6, 6.07) is 17.4. The van der Waals surface area contributed by atoms with Gasteiger partial charge < -0.3 is 4.74 Å². The fourth-order valence-electron chi connectivity index (χ4n) is 3.16. The van der Waals surface area contributed by atoms with Crippen LogP contribution >= 0.6 is 34.7 Å². The summed E-state index contributed by atoms with van der Waals surface area (Å²) in [5.74, 6) is 1.76. The number of halogens is 1. The summed E-state index contributed by atoms with van der Waals surface area (Å²) >= 11 is 9.35. The number of ether oxygens (including phenoxy) is 1. The van der Waals surface area contributed by atoms with Crippen LogP contribution in [-0.4, -0.2) is 28.7 Å². The van der Waals surface area contributed by atoms with E-state index in [4.69, 9.17) is 21.3 Å². The van der Waals surface area contributed by atoms with E-state index in [9.17, 15) is 4.79 Å². The van der Waals surface area contributed by atoms with Gasteiger partial charge in [0.1, 0.15) is 5.75 Å². The fraction of sp³-hybridized carbons (Fsp3) is 0.208. The topological polar surface area (TPSA) is 55.3 Å². The lowest BCUT2D eigenvalue weighted by Crippen LogP contribution is -2.30. The molecule has 0 aliphatic carbocycles. The molecule has 0 saturated heterocycles. The first-order valence-corrected chi connectivity index (χ1v) is 12.3. The first-order valence-electron chi connectivity index (χ1n) is 10.1. The first kappa shape index (κ1) is 22.6. The van der Waals surface area contributed by atoms with Crippen LogP contribution in [0.25, 0.3) is 10.2 Å². The van der Waals surface area contributed by atoms with Gasteiger partial charge in [0.15, 0.2) is 5.13 Å². The monoisotopic (exact) mass is 483 g/mol. The molecule has 0 fully saturated rings. The largest absolute Gasteiger partial charge is 0.497 e. The molecule has 0 N–H and O–H groups in total. The molecule has 0 bridgehead atoms. The lowest BCUT2D eigenvalue weighted by atomic mass is 10.2. The molecule has 0 radical (unpaired) electrons. The van der Waals surface area contributed by atoms with Gasteiger partial charge in [-0.25, -0.2) is 4.98 Å². The number of hydrogen-bond acceptors (Lipinski definition) is 6. The molecule has 4 rings (SSSR count). The van der Waals surface area contributed by atoms with E-state index in [0.29, 0.717) is 23.1 Å². The summed E-state index contributed by atoms with van der Waals surface area (Å²) in [5, 5.41) is 1.35. The Morgan fingerprint density at radius 3 is 2.66 bits per heavy atom. The van der Waals surface area contributed by atoms with E-state index in [1.807, 2.05) is 54.6 Å². The molecule has 164 valence electrons. The Balaban J connectivity index is 1.44. The predicted octanol–water partition coefficient (Wildman–Crippen LogP) is 6.46. The minimum Gasteiger partial charge on any atom is -0.497 e. The third kappa shape index (κ3) is 5.79. The number of aromatic nitrogens is 2. The molecule has 32 heavy (non-hydrogen) atoms.